The summed E-state index contributed by atoms with van der Waals surface area (Å²) < 4.78 is 5.71. The first kappa shape index (κ1) is 24.2. The van der Waals surface area contributed by atoms with Gasteiger partial charge in [0.1, 0.15) is 30.1 Å². The summed E-state index contributed by atoms with van der Waals surface area (Å²) in [5, 5.41) is 10.5. The third-order valence-corrected chi connectivity index (χ3v) is 6.35. The summed E-state index contributed by atoms with van der Waals surface area (Å²) in [7, 11) is 0. The molecule has 6 heteroatoms. The Kier molecular flexibility index (Phi) is 8.14. The van der Waals surface area contributed by atoms with E-state index in [4.69, 9.17) is 14.7 Å². The molecule has 0 spiro atoms. The second kappa shape index (κ2) is 11.4. The van der Waals surface area contributed by atoms with Crippen molar-refractivity contribution in [3.05, 3.63) is 82.8 Å². The van der Waals surface area contributed by atoms with Crippen molar-refractivity contribution < 1.29 is 9.84 Å². The molecule has 4 rings (SSSR count). The van der Waals surface area contributed by atoms with E-state index in [1.165, 1.54) is 16.7 Å². The molecule has 0 radical (unpaired) electrons. The average molecular weight is 461 g/mol. The lowest BCUT2D eigenvalue weighted by molar-refractivity contribution is 0.0662. The summed E-state index contributed by atoms with van der Waals surface area (Å²) in [6.45, 7) is 10.7. The number of β-amino-alcohol motifs (C(OH)–C–C–N with tert-alkyl or cyclic N) is 1. The van der Waals surface area contributed by atoms with Crippen molar-refractivity contribution >= 4 is 5.82 Å². The van der Waals surface area contributed by atoms with Crippen LogP contribution in [0.1, 0.15) is 35.1 Å². The molecule has 1 aliphatic rings. The number of para-hydroxylation sites is 1. The van der Waals surface area contributed by atoms with Crippen LogP contribution in [0.5, 0.6) is 5.75 Å². The Hall–Kier alpha value is -2.96. The predicted molar refractivity (Wildman–Crippen MR) is 137 cm³/mol. The molecule has 1 aliphatic heterocycles. The number of hydrogen-bond acceptors (Lipinski definition) is 6. The number of aryl methyl sites for hydroxylation is 3. The maximum absolute atomic E-state index is 10.5. The van der Waals surface area contributed by atoms with Gasteiger partial charge >= 0.3 is 0 Å². The smallest absolute Gasteiger partial charge is 0.136 e. The molecule has 2 heterocycles. The molecule has 0 aliphatic carbocycles. The minimum Gasteiger partial charge on any atom is -0.491 e. The second-order valence-electron chi connectivity index (χ2n) is 9.10. The lowest BCUT2D eigenvalue weighted by Gasteiger charge is -2.37. The molecule has 34 heavy (non-hydrogen) atoms. The molecule has 1 atom stereocenters. The highest BCUT2D eigenvalue weighted by Gasteiger charge is 2.24. The van der Waals surface area contributed by atoms with Crippen molar-refractivity contribution in [2.24, 2.45) is 0 Å². The number of aliphatic hydroxyl groups excluding tert-OH is 1. The van der Waals surface area contributed by atoms with E-state index in [2.05, 4.69) is 47.9 Å². The summed E-state index contributed by atoms with van der Waals surface area (Å²) in [6, 6.07) is 18.4. The predicted octanol–water partition coefficient (Wildman–Crippen LogP) is 3.81. The highest BCUT2D eigenvalue weighted by molar-refractivity contribution is 5.52. The van der Waals surface area contributed by atoms with Gasteiger partial charge in [0, 0.05) is 50.4 Å². The van der Waals surface area contributed by atoms with Gasteiger partial charge in [-0.15, -0.1) is 0 Å². The number of ether oxygens (including phenoxy) is 1. The highest BCUT2D eigenvalue weighted by atomic mass is 16.5. The maximum atomic E-state index is 10.5. The van der Waals surface area contributed by atoms with Crippen molar-refractivity contribution in [1.82, 2.24) is 14.9 Å². The second-order valence-corrected chi connectivity index (χ2v) is 9.10. The van der Waals surface area contributed by atoms with Crippen molar-refractivity contribution in [2.45, 2.75) is 39.7 Å². The molecule has 0 saturated carbocycles. The fraction of sp³-hybridized carbons (Fsp3) is 0.429. The SMILES string of the molecule is CCc1nc(C)nc(N2CCN(CC(O)COc3ccccc3)CC2)c1Cc1ccc(C)cc1. The molecule has 1 aromatic heterocycles. The number of rotatable bonds is 9. The van der Waals surface area contributed by atoms with Gasteiger partial charge in [-0.2, -0.15) is 0 Å². The molecule has 0 bridgehead atoms. The normalized spacial score (nSPS) is 15.4. The van der Waals surface area contributed by atoms with E-state index in [-0.39, 0.29) is 0 Å². The Balaban J connectivity index is 1.39. The molecule has 0 amide bonds. The number of aromatic nitrogens is 2. The number of hydrogen-bond donors (Lipinski definition) is 1. The van der Waals surface area contributed by atoms with Gasteiger partial charge in [0.25, 0.3) is 0 Å². The molecule has 3 aromatic rings. The lowest BCUT2D eigenvalue weighted by atomic mass is 10.0. The summed E-state index contributed by atoms with van der Waals surface area (Å²) in [5.74, 6) is 2.69. The largest absolute Gasteiger partial charge is 0.491 e. The zero-order valence-electron chi connectivity index (χ0n) is 20.6. The zero-order chi connectivity index (χ0) is 23.9. The van der Waals surface area contributed by atoms with Crippen molar-refractivity contribution in [1.29, 1.82) is 0 Å². The van der Waals surface area contributed by atoms with E-state index in [1.54, 1.807) is 0 Å². The fourth-order valence-electron chi connectivity index (χ4n) is 4.48. The van der Waals surface area contributed by atoms with Crippen LogP contribution in [0.15, 0.2) is 54.6 Å². The Morgan fingerprint density at radius 3 is 2.32 bits per heavy atom. The lowest BCUT2D eigenvalue weighted by Crippen LogP contribution is -2.49. The zero-order valence-corrected chi connectivity index (χ0v) is 20.6. The van der Waals surface area contributed by atoms with Gasteiger partial charge in [-0.1, -0.05) is 55.0 Å². The number of aliphatic hydroxyl groups is 1. The van der Waals surface area contributed by atoms with Crippen LogP contribution < -0.4 is 9.64 Å². The third kappa shape index (κ3) is 6.33. The van der Waals surface area contributed by atoms with E-state index >= 15 is 0 Å². The van der Waals surface area contributed by atoms with Crippen LogP contribution >= 0.6 is 0 Å². The molecular weight excluding hydrogens is 424 g/mol. The van der Waals surface area contributed by atoms with Crippen LogP contribution in [0.25, 0.3) is 0 Å². The van der Waals surface area contributed by atoms with E-state index in [1.807, 2.05) is 37.3 Å². The number of piperazine rings is 1. The number of anilines is 1. The summed E-state index contributed by atoms with van der Waals surface area (Å²) in [6.07, 6.45) is 1.22. The van der Waals surface area contributed by atoms with Gasteiger partial charge in [0.05, 0.1) is 0 Å². The van der Waals surface area contributed by atoms with Crippen molar-refractivity contribution in [2.75, 3.05) is 44.2 Å². The molecule has 1 saturated heterocycles. The molecule has 180 valence electrons. The first-order valence-electron chi connectivity index (χ1n) is 12.3. The quantitative estimate of drug-likeness (QED) is 0.524. The monoisotopic (exact) mass is 460 g/mol. The highest BCUT2D eigenvalue weighted by Crippen LogP contribution is 2.26. The maximum Gasteiger partial charge on any atom is 0.136 e. The summed E-state index contributed by atoms with van der Waals surface area (Å²) in [5.41, 5.74) is 4.93. The molecule has 2 aromatic carbocycles. The Morgan fingerprint density at radius 2 is 1.65 bits per heavy atom. The molecule has 6 nitrogen and oxygen atoms in total. The van der Waals surface area contributed by atoms with Crippen molar-refractivity contribution in [3.8, 4) is 5.75 Å². The van der Waals surface area contributed by atoms with Gasteiger partial charge in [-0.25, -0.2) is 9.97 Å². The van der Waals surface area contributed by atoms with Crippen LogP contribution in [-0.2, 0) is 12.8 Å². The van der Waals surface area contributed by atoms with Gasteiger partial charge in [0.15, 0.2) is 0 Å². The van der Waals surface area contributed by atoms with Crippen LogP contribution in [-0.4, -0.2) is 65.4 Å². The van der Waals surface area contributed by atoms with Crippen LogP contribution in [0, 0.1) is 13.8 Å². The summed E-state index contributed by atoms with van der Waals surface area (Å²) >= 11 is 0. The van der Waals surface area contributed by atoms with Gasteiger partial charge in [-0.3, -0.25) is 4.90 Å². The van der Waals surface area contributed by atoms with E-state index < -0.39 is 6.10 Å². The first-order valence-corrected chi connectivity index (χ1v) is 12.3. The van der Waals surface area contributed by atoms with Crippen LogP contribution in [0.4, 0.5) is 5.82 Å². The van der Waals surface area contributed by atoms with Gasteiger partial charge < -0.3 is 14.7 Å². The minimum absolute atomic E-state index is 0.301. The Labute approximate surface area is 203 Å². The molecule has 1 fully saturated rings. The van der Waals surface area contributed by atoms with Gasteiger partial charge in [0.2, 0.25) is 0 Å². The number of benzene rings is 2. The first-order chi connectivity index (χ1) is 16.5. The molecular formula is C28H36N4O2. The third-order valence-electron chi connectivity index (χ3n) is 6.35. The topological polar surface area (TPSA) is 61.7 Å². The van der Waals surface area contributed by atoms with Crippen LogP contribution in [0.3, 0.4) is 0 Å². The average Bonchev–Trinajstić information content (AvgIpc) is 2.86. The van der Waals surface area contributed by atoms with Crippen molar-refractivity contribution in [3.63, 3.8) is 0 Å². The number of nitrogens with zero attached hydrogens (tertiary/aromatic N) is 4. The Morgan fingerprint density at radius 1 is 0.941 bits per heavy atom. The fourth-order valence-corrected chi connectivity index (χ4v) is 4.48. The standard InChI is InChI=1S/C28H36N4O2/c1-4-27-26(18-23-12-10-21(2)11-13-23)28(30-22(3)29-27)32-16-14-31(15-17-32)19-24(33)20-34-25-8-6-5-7-9-25/h5-13,24,33H,4,14-20H2,1-3H3. The Bertz CT molecular complexity index is 1050. The van der Waals surface area contributed by atoms with Gasteiger partial charge in [-0.05, 0) is 38.0 Å². The van der Waals surface area contributed by atoms with E-state index in [0.29, 0.717) is 13.2 Å². The van der Waals surface area contributed by atoms with E-state index in [9.17, 15) is 5.11 Å². The van der Waals surface area contributed by atoms with E-state index in [0.717, 1.165) is 62.1 Å². The van der Waals surface area contributed by atoms with Crippen LogP contribution in [0.2, 0.25) is 0 Å². The molecule has 1 N–H and O–H groups in total. The minimum atomic E-state index is -0.517. The molecule has 1 unspecified atom stereocenters. The summed E-state index contributed by atoms with van der Waals surface area (Å²) in [4.78, 5) is 14.4.